The van der Waals surface area contributed by atoms with Crippen LogP contribution >= 0.6 is 23.1 Å². The van der Waals surface area contributed by atoms with Gasteiger partial charge in [-0.3, -0.25) is 0 Å². The van der Waals surface area contributed by atoms with Gasteiger partial charge in [-0.25, -0.2) is 0 Å². The number of nitrogens with two attached hydrogens (primary N) is 1. The van der Waals surface area contributed by atoms with Crippen molar-refractivity contribution in [2.45, 2.75) is 38.9 Å². The van der Waals surface area contributed by atoms with Gasteiger partial charge < -0.3 is 0 Å². The Morgan fingerprint density at radius 2 is 1.74 bits per heavy atom. The molecule has 5 heteroatoms. The van der Waals surface area contributed by atoms with Crippen molar-refractivity contribution in [3.63, 3.8) is 0 Å². The molecule has 2 rings (SSSR count). The summed E-state index contributed by atoms with van der Waals surface area (Å²) in [6.45, 7) is 0. The van der Waals surface area contributed by atoms with Crippen LogP contribution in [0.2, 0.25) is 29.6 Å². The van der Waals surface area contributed by atoms with E-state index in [1.807, 2.05) is 23.1 Å². The quantitative estimate of drug-likeness (QED) is 0.616. The Labute approximate surface area is 134 Å². The number of thiophene rings is 1. The van der Waals surface area contributed by atoms with Gasteiger partial charge >= 0.3 is 135 Å². The van der Waals surface area contributed by atoms with E-state index in [-0.39, 0.29) is 2.89 Å². The Morgan fingerprint density at radius 1 is 1.11 bits per heavy atom. The van der Waals surface area contributed by atoms with Crippen molar-refractivity contribution in [3.05, 3.63) is 23.1 Å². The monoisotopic (exact) mass is 511 g/mol. The van der Waals surface area contributed by atoms with Crippen LogP contribution in [0.3, 0.4) is 0 Å². The second kappa shape index (κ2) is 5.52. The minimum absolute atomic E-state index is 0.0547. The van der Waals surface area contributed by atoms with Crippen LogP contribution in [-0.4, -0.2) is 39.6 Å². The van der Waals surface area contributed by atoms with Gasteiger partial charge in [0.05, 0.1) is 0 Å². The van der Waals surface area contributed by atoms with E-state index in [9.17, 15) is 0 Å². The fourth-order valence-corrected chi connectivity index (χ4v) is 15.3. The van der Waals surface area contributed by atoms with Gasteiger partial charge in [0.2, 0.25) is 0 Å². The maximum atomic E-state index is 6.68. The molecule has 0 saturated heterocycles. The van der Waals surface area contributed by atoms with Crippen LogP contribution in [0.15, 0.2) is 18.2 Å². The zero-order valence-corrected chi connectivity index (χ0v) is 20.2. The first-order chi connectivity index (χ1) is 8.53. The number of hydrogen-bond acceptors (Lipinski definition) is 3. The summed E-state index contributed by atoms with van der Waals surface area (Å²) in [6, 6.07) is 4.69. The molecule has 0 amide bonds. The van der Waals surface area contributed by atoms with E-state index in [0.29, 0.717) is 0 Å². The third-order valence-electron chi connectivity index (χ3n) is 3.74. The third kappa shape index (κ3) is 3.58. The van der Waals surface area contributed by atoms with Crippen molar-refractivity contribution < 1.29 is 0 Å². The summed E-state index contributed by atoms with van der Waals surface area (Å²) in [5.41, 5.74) is 6.68. The van der Waals surface area contributed by atoms with Gasteiger partial charge in [0.25, 0.3) is 0 Å². The standard InChI is InChI=1S/C8H7NS2.6CH3.2Sn/c9-8-4-3-7(11-8)6-2-1-5-10-6;;;;;;;;/h1-3H,4,9H2;6*1H3;;. The average Bonchev–Trinajstić information content (AvgIpc) is 2.81. The molecule has 0 aliphatic carbocycles. The molecule has 19 heavy (non-hydrogen) atoms. The summed E-state index contributed by atoms with van der Waals surface area (Å²) < 4.78 is 1.72. The normalized spacial score (nSPS) is 24.7. The molecule has 1 aromatic heterocycles. The molecule has 1 nitrogen and oxygen atoms in total. The predicted octanol–water partition coefficient (Wildman–Crippen LogP) is 4.30. The van der Waals surface area contributed by atoms with Crippen LogP contribution in [0.4, 0.5) is 0 Å². The van der Waals surface area contributed by atoms with E-state index in [0.717, 1.165) is 6.42 Å². The topological polar surface area (TPSA) is 26.0 Å². The summed E-state index contributed by atoms with van der Waals surface area (Å²) in [4.78, 5) is 17.7. The molecule has 1 atom stereocenters. The molecule has 0 fully saturated rings. The van der Waals surface area contributed by atoms with E-state index in [1.165, 1.54) is 9.78 Å². The molecule has 1 aromatic rings. The molecule has 1 aliphatic rings. The van der Waals surface area contributed by atoms with Gasteiger partial charge in [0.1, 0.15) is 0 Å². The van der Waals surface area contributed by atoms with Crippen molar-refractivity contribution in [3.8, 4) is 0 Å². The van der Waals surface area contributed by atoms with Gasteiger partial charge in [-0.2, -0.15) is 0 Å². The molecule has 106 valence electrons. The molecule has 0 bridgehead atoms. The molecule has 0 aromatic carbocycles. The van der Waals surface area contributed by atoms with Gasteiger partial charge in [-0.15, -0.1) is 0 Å². The van der Waals surface area contributed by atoms with Crippen molar-refractivity contribution in [2.75, 3.05) is 0 Å². The number of thioether (sulfide) groups is 1. The summed E-state index contributed by atoms with van der Waals surface area (Å²) in [7, 11) is 0. The van der Waals surface area contributed by atoms with E-state index in [1.54, 1.807) is 2.89 Å². The van der Waals surface area contributed by atoms with Gasteiger partial charge in [-0.1, -0.05) is 0 Å². The first-order valence-corrected chi connectivity index (χ1v) is 28.4. The Kier molecular flexibility index (Phi) is 4.86. The molecule has 0 spiro atoms. The zero-order valence-electron chi connectivity index (χ0n) is 12.8. The maximum absolute atomic E-state index is 6.68. The van der Waals surface area contributed by atoms with Crippen molar-refractivity contribution >= 4 is 67.7 Å². The summed E-state index contributed by atoms with van der Waals surface area (Å²) in [5, 5.41) is 0. The predicted molar refractivity (Wildman–Crippen MR) is 97.7 cm³/mol. The fourth-order valence-electron chi connectivity index (χ4n) is 2.01. The average molecular weight is 509 g/mol. The van der Waals surface area contributed by atoms with Crippen LogP contribution in [0, 0.1) is 0 Å². The molecule has 0 radical (unpaired) electrons. The van der Waals surface area contributed by atoms with Gasteiger partial charge in [0, 0.05) is 0 Å². The van der Waals surface area contributed by atoms with Crippen molar-refractivity contribution in [2.24, 2.45) is 5.73 Å². The zero-order chi connectivity index (χ0) is 14.5. The van der Waals surface area contributed by atoms with Gasteiger partial charge in [0.15, 0.2) is 0 Å². The van der Waals surface area contributed by atoms with Crippen LogP contribution in [0.5, 0.6) is 0 Å². The molecular weight excluding hydrogens is 484 g/mol. The van der Waals surface area contributed by atoms with Crippen molar-refractivity contribution in [1.29, 1.82) is 0 Å². The molecular formula is C14H25NS2Sn2. The molecule has 1 aliphatic heterocycles. The first kappa shape index (κ1) is 16.7. The van der Waals surface area contributed by atoms with Gasteiger partial charge in [-0.05, 0) is 0 Å². The second-order valence-corrected chi connectivity index (χ2v) is 41.7. The Balaban J connectivity index is 2.20. The van der Waals surface area contributed by atoms with Crippen LogP contribution < -0.4 is 8.63 Å². The summed E-state index contributed by atoms with van der Waals surface area (Å²) in [6.07, 6.45) is 3.46. The van der Waals surface area contributed by atoms with Crippen LogP contribution in [0.25, 0.3) is 4.91 Å². The SMILES string of the molecule is [CH3][Sn]([CH3])([CH3])[c]1ccc(C2=CC[C](N)([Sn]([CH3])([CH3])[CH3])S2)s1. The van der Waals surface area contributed by atoms with E-state index < -0.39 is 36.8 Å². The Hall–Kier alpha value is 1.35. The number of rotatable bonds is 3. The second-order valence-electron chi connectivity index (χ2n) is 7.43. The summed E-state index contributed by atoms with van der Waals surface area (Å²) >= 11 is -0.0139. The number of hydrogen-bond donors (Lipinski definition) is 1. The fraction of sp³-hybridized carbons (Fsp3) is 0.571. The Morgan fingerprint density at radius 3 is 2.16 bits per heavy atom. The first-order valence-electron chi connectivity index (χ1n) is 6.82. The van der Waals surface area contributed by atoms with Crippen LogP contribution in [-0.2, 0) is 0 Å². The van der Waals surface area contributed by atoms with Crippen molar-refractivity contribution in [1.82, 2.24) is 0 Å². The van der Waals surface area contributed by atoms with E-state index >= 15 is 0 Å². The van der Waals surface area contributed by atoms with E-state index in [2.05, 4.69) is 47.8 Å². The van der Waals surface area contributed by atoms with E-state index in [4.69, 9.17) is 5.73 Å². The molecule has 1 unspecified atom stereocenters. The molecule has 2 N–H and O–H groups in total. The Bertz CT molecular complexity index is 508. The third-order valence-corrected chi connectivity index (χ3v) is 28.4. The summed E-state index contributed by atoms with van der Waals surface area (Å²) in [5.74, 6) is 0. The molecule has 2 heterocycles. The molecule has 0 saturated carbocycles. The van der Waals surface area contributed by atoms with Crippen LogP contribution in [0.1, 0.15) is 11.3 Å². The minimum atomic E-state index is -2.10.